The van der Waals surface area contributed by atoms with Gasteiger partial charge in [-0.2, -0.15) is 0 Å². The van der Waals surface area contributed by atoms with Gasteiger partial charge in [-0.25, -0.2) is 0 Å². The van der Waals surface area contributed by atoms with Crippen molar-refractivity contribution in [3.8, 4) is 0 Å². The molecule has 1 radical (unpaired) electrons. The third-order valence-corrected chi connectivity index (χ3v) is 6.64. The van der Waals surface area contributed by atoms with Crippen molar-refractivity contribution in [2.75, 3.05) is 26.4 Å². The van der Waals surface area contributed by atoms with E-state index in [0.29, 0.717) is 26.4 Å². The first kappa shape index (κ1) is 52.9. The summed E-state index contributed by atoms with van der Waals surface area (Å²) < 4.78 is 17.7. The van der Waals surface area contributed by atoms with Gasteiger partial charge in [-0.1, -0.05) is 182 Å². The Kier molecular flexibility index (Phi) is 72.2. The zero-order valence-electron chi connectivity index (χ0n) is 29.4. The maximum atomic E-state index is 9.59. The summed E-state index contributed by atoms with van der Waals surface area (Å²) in [4.78, 5) is 38.4. The van der Waals surface area contributed by atoms with E-state index in [1.54, 1.807) is 0 Å². The molecule has 8 nitrogen and oxygen atoms in total. The van der Waals surface area contributed by atoms with E-state index in [1.165, 1.54) is 154 Å². The minimum atomic E-state index is 0. The Balaban J connectivity index is -0.000000157. The molecule has 0 atom stereocenters. The fourth-order valence-electron chi connectivity index (χ4n) is 3.98. The summed E-state index contributed by atoms with van der Waals surface area (Å²) >= 11 is 0. The maximum Gasteiger partial charge on any atom is 0.0480 e. The molecule has 0 bridgehead atoms. The van der Waals surface area contributed by atoms with Crippen molar-refractivity contribution in [3.05, 3.63) is 0 Å². The topological polar surface area (TPSA) is 105 Å². The van der Waals surface area contributed by atoms with Crippen molar-refractivity contribution < 1.29 is 55.2 Å². The molecule has 0 unspecified atom stereocenters. The van der Waals surface area contributed by atoms with E-state index in [9.17, 15) is 19.2 Å². The second-order valence-electron chi connectivity index (χ2n) is 10.8. The molecule has 0 aromatic heterocycles. The van der Waals surface area contributed by atoms with Gasteiger partial charge in [-0.15, -0.1) is 0 Å². The summed E-state index contributed by atoms with van der Waals surface area (Å²) in [5, 5.41) is 0. The Morgan fingerprint density at radius 3 is 0.600 bits per heavy atom. The zero-order valence-corrected chi connectivity index (χ0v) is 30.3. The molecule has 0 fully saturated rings. The SMILES string of the molecule is CCCCCCCCO[C-]=O.CCCCCCCCO[C-]=O.CCCCCCCCO[C-]=O.CCCCCCCCO[C-]=O.[Cu]. The van der Waals surface area contributed by atoms with E-state index in [-0.39, 0.29) is 17.1 Å². The van der Waals surface area contributed by atoms with Crippen LogP contribution in [0.1, 0.15) is 182 Å². The van der Waals surface area contributed by atoms with Gasteiger partial charge in [-0.3, -0.25) is 0 Å². The number of unbranched alkanes of at least 4 members (excludes halogenated alkanes) is 20. The van der Waals surface area contributed by atoms with Crippen molar-refractivity contribution >= 4 is 25.9 Å². The molecule has 0 N–H and O–H groups in total. The van der Waals surface area contributed by atoms with E-state index in [1.807, 2.05) is 0 Å². The van der Waals surface area contributed by atoms with Crippen molar-refractivity contribution in [2.45, 2.75) is 182 Å². The van der Waals surface area contributed by atoms with Gasteiger partial charge < -0.3 is 38.1 Å². The Hall–Kier alpha value is -1.60. The summed E-state index contributed by atoms with van der Waals surface area (Å²) in [5.41, 5.74) is 0. The number of ether oxygens (including phenoxy) is 4. The smallest absolute Gasteiger partial charge is 0.0480 e. The third-order valence-electron chi connectivity index (χ3n) is 6.64. The van der Waals surface area contributed by atoms with Crippen molar-refractivity contribution in [1.29, 1.82) is 0 Å². The Morgan fingerprint density at radius 1 is 0.289 bits per heavy atom. The van der Waals surface area contributed by atoms with E-state index in [4.69, 9.17) is 0 Å². The van der Waals surface area contributed by atoms with Gasteiger partial charge in [0, 0.05) is 43.5 Å². The molecule has 275 valence electrons. The Morgan fingerprint density at radius 2 is 0.444 bits per heavy atom. The first-order valence-corrected chi connectivity index (χ1v) is 17.6. The monoisotopic (exact) mass is 691 g/mol. The molecule has 9 heteroatoms. The molecule has 45 heavy (non-hydrogen) atoms. The van der Waals surface area contributed by atoms with Gasteiger partial charge in [0.25, 0.3) is 0 Å². The third kappa shape index (κ3) is 74.9. The largest absolute Gasteiger partial charge is 0.653 e. The van der Waals surface area contributed by atoms with Gasteiger partial charge >= 0.3 is 0 Å². The van der Waals surface area contributed by atoms with Crippen LogP contribution in [0, 0.1) is 0 Å². The molecule has 0 aliphatic rings. The summed E-state index contributed by atoms with van der Waals surface area (Å²) in [6, 6.07) is 0. The zero-order chi connectivity index (χ0) is 33.5. The molecule has 0 aliphatic carbocycles. The van der Waals surface area contributed by atoms with Crippen LogP contribution in [0.15, 0.2) is 0 Å². The first-order valence-electron chi connectivity index (χ1n) is 17.6. The van der Waals surface area contributed by atoms with Crippen LogP contribution in [0.25, 0.3) is 0 Å². The predicted octanol–water partition coefficient (Wildman–Crippen LogP) is 9.72. The van der Waals surface area contributed by atoms with Crippen LogP contribution in [0.5, 0.6) is 0 Å². The molecular formula is C36H68CuO8-4. The predicted molar refractivity (Wildman–Crippen MR) is 180 cm³/mol. The summed E-state index contributed by atoms with van der Waals surface area (Å²) in [7, 11) is 0. The fraction of sp³-hybridized carbons (Fsp3) is 0.889. The average Bonchev–Trinajstić information content (AvgIpc) is 3.04. The summed E-state index contributed by atoms with van der Waals surface area (Å²) in [6.45, 7) is 16.6. The normalized spacial score (nSPS) is 9.33. The van der Waals surface area contributed by atoms with E-state index in [0.717, 1.165) is 25.7 Å². The van der Waals surface area contributed by atoms with Crippen molar-refractivity contribution in [3.63, 3.8) is 0 Å². The molecule has 0 rings (SSSR count). The van der Waals surface area contributed by atoms with Gasteiger partial charge in [0.05, 0.1) is 0 Å². The van der Waals surface area contributed by atoms with Crippen LogP contribution in [0.4, 0.5) is 0 Å². The minimum Gasteiger partial charge on any atom is -0.653 e. The molecule has 0 amide bonds. The number of rotatable bonds is 32. The molecule has 0 spiro atoms. The fourth-order valence-corrected chi connectivity index (χ4v) is 3.98. The van der Waals surface area contributed by atoms with Crippen LogP contribution >= 0.6 is 0 Å². The van der Waals surface area contributed by atoms with Gasteiger partial charge in [0.2, 0.25) is 0 Å². The van der Waals surface area contributed by atoms with Crippen LogP contribution in [-0.4, -0.2) is 52.3 Å². The number of carbonyl (C=O) groups excluding carboxylic acids is 4. The van der Waals surface area contributed by atoms with E-state index < -0.39 is 0 Å². The molecule has 0 aromatic carbocycles. The Labute approximate surface area is 288 Å². The number of hydrogen-bond donors (Lipinski definition) is 0. The van der Waals surface area contributed by atoms with Crippen molar-refractivity contribution in [1.82, 2.24) is 0 Å². The first-order chi connectivity index (χ1) is 21.7. The molecule has 0 aliphatic heterocycles. The second-order valence-corrected chi connectivity index (χ2v) is 10.8. The molecule has 0 heterocycles. The van der Waals surface area contributed by atoms with Gasteiger partial charge in [0.15, 0.2) is 0 Å². The van der Waals surface area contributed by atoms with Crippen LogP contribution < -0.4 is 0 Å². The van der Waals surface area contributed by atoms with Crippen LogP contribution in [0.3, 0.4) is 0 Å². The van der Waals surface area contributed by atoms with Crippen molar-refractivity contribution in [2.24, 2.45) is 0 Å². The molecule has 0 saturated heterocycles. The van der Waals surface area contributed by atoms with Crippen LogP contribution in [-0.2, 0) is 55.2 Å². The standard InChI is InChI=1S/4C9H17O2.Cu/c4*1-2-3-4-5-6-7-8-11-9-10;/h4*2-8H2,1H3;/q4*-1;. The van der Waals surface area contributed by atoms with Gasteiger partial charge in [-0.05, 0) is 25.7 Å². The second kappa shape index (κ2) is 61.4. The maximum absolute atomic E-state index is 9.59. The quantitative estimate of drug-likeness (QED) is 0.0297. The minimum absolute atomic E-state index is 0. The Bertz CT molecular complexity index is 421. The summed E-state index contributed by atoms with van der Waals surface area (Å²) in [5.74, 6) is 0. The summed E-state index contributed by atoms with van der Waals surface area (Å²) in [6.07, 6.45) is 29.3. The van der Waals surface area contributed by atoms with E-state index in [2.05, 4.69) is 46.6 Å². The van der Waals surface area contributed by atoms with Crippen LogP contribution in [0.2, 0.25) is 0 Å². The van der Waals surface area contributed by atoms with E-state index >= 15 is 0 Å². The molecule has 0 aromatic rings. The molecular weight excluding hydrogens is 624 g/mol. The average molecular weight is 692 g/mol. The number of hydrogen-bond acceptors (Lipinski definition) is 8. The van der Waals surface area contributed by atoms with Gasteiger partial charge in [0.1, 0.15) is 0 Å². The molecule has 0 saturated carbocycles.